The molecule has 0 fully saturated rings. The van der Waals surface area contributed by atoms with Gasteiger partial charge in [-0.05, 0) is 56.5 Å². The van der Waals surface area contributed by atoms with E-state index in [-0.39, 0.29) is 11.7 Å². The second-order valence-electron chi connectivity index (χ2n) is 9.43. The first-order chi connectivity index (χ1) is 19.6. The van der Waals surface area contributed by atoms with Crippen LogP contribution in [0.2, 0.25) is 5.02 Å². The maximum Gasteiger partial charge on any atom is 0.341 e. The molecule has 11 heteroatoms. The molecule has 0 radical (unpaired) electrons. The van der Waals surface area contributed by atoms with E-state index < -0.39 is 12.1 Å². The van der Waals surface area contributed by atoms with Gasteiger partial charge in [0.2, 0.25) is 5.91 Å². The van der Waals surface area contributed by atoms with Crippen LogP contribution in [0.3, 0.4) is 0 Å². The first-order valence-corrected chi connectivity index (χ1v) is 15.0. The Kier molecular flexibility index (Phi) is 9.90. The van der Waals surface area contributed by atoms with E-state index in [4.69, 9.17) is 21.1 Å². The smallest absolute Gasteiger partial charge is 0.341 e. The predicted octanol–water partition coefficient (Wildman–Crippen LogP) is 7.43. The zero-order chi connectivity index (χ0) is 29.7. The lowest BCUT2D eigenvalue weighted by atomic mass is 9.97. The van der Waals surface area contributed by atoms with E-state index in [1.165, 1.54) is 30.2 Å². The minimum atomic E-state index is -0.511. The van der Waals surface area contributed by atoms with E-state index in [1.54, 1.807) is 12.1 Å². The van der Waals surface area contributed by atoms with Crippen molar-refractivity contribution >= 4 is 51.6 Å². The van der Waals surface area contributed by atoms with Crippen LogP contribution >= 0.6 is 34.7 Å². The molecule has 4 rings (SSSR count). The molecule has 8 nitrogen and oxygen atoms in total. The van der Waals surface area contributed by atoms with Crippen molar-refractivity contribution in [3.8, 4) is 16.9 Å². The lowest BCUT2D eigenvalue weighted by Crippen LogP contribution is -2.17. The Labute approximate surface area is 252 Å². The van der Waals surface area contributed by atoms with Crippen LogP contribution in [0.15, 0.2) is 59.6 Å². The van der Waals surface area contributed by atoms with Crippen molar-refractivity contribution in [2.24, 2.45) is 0 Å². The number of ether oxygens (including phenoxy) is 2. The van der Waals surface area contributed by atoms with Crippen molar-refractivity contribution in [1.82, 2.24) is 14.8 Å². The van der Waals surface area contributed by atoms with Gasteiger partial charge in [0.05, 0.1) is 17.9 Å². The Hall–Kier alpha value is -3.60. The number of thiophene rings is 1. The van der Waals surface area contributed by atoms with Gasteiger partial charge in [-0.25, -0.2) is 4.79 Å². The van der Waals surface area contributed by atoms with Crippen LogP contribution in [-0.2, 0) is 16.1 Å². The molecule has 0 aliphatic rings. The van der Waals surface area contributed by atoms with E-state index in [9.17, 15) is 9.59 Å². The highest BCUT2D eigenvalue weighted by molar-refractivity contribution is 7.99. The number of aryl methyl sites for hydroxylation is 3. The molecule has 0 aliphatic carbocycles. The van der Waals surface area contributed by atoms with Crippen molar-refractivity contribution in [3.05, 3.63) is 87.5 Å². The number of esters is 1. The first kappa shape index (κ1) is 30.4. The van der Waals surface area contributed by atoms with Gasteiger partial charge in [0, 0.05) is 17.5 Å². The number of methoxy groups -OCH3 is 1. The summed E-state index contributed by atoms with van der Waals surface area (Å²) < 4.78 is 13.0. The van der Waals surface area contributed by atoms with Crippen molar-refractivity contribution in [1.29, 1.82) is 0 Å². The summed E-state index contributed by atoms with van der Waals surface area (Å²) in [5, 5.41) is 14.9. The Bertz CT molecular complexity index is 1600. The SMILES string of the molecule is C=CCn1c(SCC(=O)Nc2scc(-c3cc(C)ccc3C)c2C(=O)OC)nnc1C(C)Oc1cc(C)ccc1Cl. The molecule has 0 spiro atoms. The fourth-order valence-electron chi connectivity index (χ4n) is 4.22. The van der Waals surface area contributed by atoms with Crippen LogP contribution in [0.5, 0.6) is 5.75 Å². The van der Waals surface area contributed by atoms with Crippen LogP contribution in [0.4, 0.5) is 5.00 Å². The number of benzene rings is 2. The summed E-state index contributed by atoms with van der Waals surface area (Å²) in [5.74, 6) is 0.377. The number of hydrogen-bond acceptors (Lipinski definition) is 8. The van der Waals surface area contributed by atoms with E-state index in [1.807, 2.05) is 68.0 Å². The summed E-state index contributed by atoms with van der Waals surface area (Å²) in [7, 11) is 1.33. The zero-order valence-electron chi connectivity index (χ0n) is 23.5. The monoisotopic (exact) mass is 610 g/mol. The van der Waals surface area contributed by atoms with E-state index in [2.05, 4.69) is 22.1 Å². The number of anilines is 1. The van der Waals surface area contributed by atoms with Gasteiger partial charge < -0.3 is 14.8 Å². The lowest BCUT2D eigenvalue weighted by Gasteiger charge is -2.17. The number of hydrogen-bond donors (Lipinski definition) is 1. The molecular weight excluding hydrogens is 580 g/mol. The fraction of sp³-hybridized carbons (Fsp3) is 0.267. The van der Waals surface area contributed by atoms with E-state index >= 15 is 0 Å². The highest BCUT2D eigenvalue weighted by atomic mass is 35.5. The number of amides is 1. The molecule has 1 amide bonds. The third-order valence-corrected chi connectivity index (χ3v) is 8.43. The minimum Gasteiger partial charge on any atom is -0.481 e. The maximum absolute atomic E-state index is 13.0. The van der Waals surface area contributed by atoms with Crippen LogP contribution in [0.1, 0.15) is 45.9 Å². The van der Waals surface area contributed by atoms with Gasteiger partial charge in [-0.1, -0.05) is 59.3 Å². The zero-order valence-corrected chi connectivity index (χ0v) is 25.9. The number of carbonyl (C=O) groups is 2. The number of rotatable bonds is 11. The van der Waals surface area contributed by atoms with Gasteiger partial charge in [-0.15, -0.1) is 28.1 Å². The number of nitrogens with one attached hydrogen (secondary N) is 1. The molecule has 0 saturated heterocycles. The van der Waals surface area contributed by atoms with Crippen molar-refractivity contribution < 1.29 is 19.1 Å². The topological polar surface area (TPSA) is 95.3 Å². The summed E-state index contributed by atoms with van der Waals surface area (Å²) >= 11 is 8.83. The highest BCUT2D eigenvalue weighted by Gasteiger charge is 2.24. The standard InChI is InChI=1S/C30H31ClN4O4S2/c1-7-12-35-27(20(5)39-24-14-18(3)9-11-23(24)31)33-34-30(35)41-16-25(36)32-28-26(29(37)38-6)22(15-40-28)21-13-17(2)8-10-19(21)4/h7-11,13-15,20H,1,12,16H2,2-6H3,(H,32,36). The second kappa shape index (κ2) is 13.4. The molecule has 2 aromatic carbocycles. The van der Waals surface area contributed by atoms with Crippen molar-refractivity contribution in [3.63, 3.8) is 0 Å². The molecule has 1 unspecified atom stereocenters. The first-order valence-electron chi connectivity index (χ1n) is 12.8. The van der Waals surface area contributed by atoms with Crippen molar-refractivity contribution in [2.75, 3.05) is 18.2 Å². The molecule has 0 saturated carbocycles. The fourth-order valence-corrected chi connectivity index (χ4v) is 6.11. The number of halogens is 1. The molecule has 2 aromatic heterocycles. The van der Waals surface area contributed by atoms with Gasteiger partial charge in [-0.2, -0.15) is 0 Å². The summed E-state index contributed by atoms with van der Waals surface area (Å²) in [6, 6.07) is 11.6. The van der Waals surface area contributed by atoms with Crippen LogP contribution in [-0.4, -0.2) is 39.5 Å². The van der Waals surface area contributed by atoms with Crippen LogP contribution in [0, 0.1) is 20.8 Å². The Morgan fingerprint density at radius 1 is 1.15 bits per heavy atom. The van der Waals surface area contributed by atoms with Gasteiger partial charge >= 0.3 is 5.97 Å². The summed E-state index contributed by atoms with van der Waals surface area (Å²) in [6.07, 6.45) is 1.27. The Morgan fingerprint density at radius 2 is 1.88 bits per heavy atom. The molecule has 1 atom stereocenters. The molecule has 2 heterocycles. The second-order valence-corrected chi connectivity index (χ2v) is 11.7. The minimum absolute atomic E-state index is 0.0472. The Morgan fingerprint density at radius 3 is 2.61 bits per heavy atom. The summed E-state index contributed by atoms with van der Waals surface area (Å²) in [4.78, 5) is 25.8. The van der Waals surface area contributed by atoms with Gasteiger partial charge in [0.1, 0.15) is 16.3 Å². The largest absolute Gasteiger partial charge is 0.481 e. The van der Waals surface area contributed by atoms with Crippen LogP contribution < -0.4 is 10.1 Å². The average Bonchev–Trinajstić information content (AvgIpc) is 3.54. The third-order valence-electron chi connectivity index (χ3n) is 6.26. The van der Waals surface area contributed by atoms with E-state index in [0.717, 1.165) is 27.8 Å². The molecule has 214 valence electrons. The van der Waals surface area contributed by atoms with Crippen molar-refractivity contribution in [2.45, 2.75) is 45.5 Å². The molecular formula is C30H31ClN4O4S2. The van der Waals surface area contributed by atoms with Crippen LogP contribution in [0.25, 0.3) is 11.1 Å². The number of thioether (sulfide) groups is 1. The molecule has 1 N–H and O–H groups in total. The predicted molar refractivity (Wildman–Crippen MR) is 165 cm³/mol. The quantitative estimate of drug-likeness (QED) is 0.107. The van der Waals surface area contributed by atoms with Gasteiger partial charge in [-0.3, -0.25) is 9.36 Å². The average molecular weight is 611 g/mol. The van der Waals surface area contributed by atoms with E-state index in [0.29, 0.717) is 38.9 Å². The third kappa shape index (κ3) is 7.01. The highest BCUT2D eigenvalue weighted by Crippen LogP contribution is 2.38. The molecule has 41 heavy (non-hydrogen) atoms. The Balaban J connectivity index is 1.51. The van der Waals surface area contributed by atoms with Gasteiger partial charge in [0.15, 0.2) is 17.1 Å². The molecule has 0 bridgehead atoms. The molecule has 0 aliphatic heterocycles. The molecule has 4 aromatic rings. The maximum atomic E-state index is 13.0. The number of nitrogens with zero attached hydrogens (tertiary/aromatic N) is 3. The van der Waals surface area contributed by atoms with Gasteiger partial charge in [0.25, 0.3) is 0 Å². The normalized spacial score (nSPS) is 11.7. The number of aromatic nitrogens is 3. The number of carbonyl (C=O) groups excluding carboxylic acids is 2. The lowest BCUT2D eigenvalue weighted by molar-refractivity contribution is -0.113. The number of allylic oxidation sites excluding steroid dienone is 1. The summed E-state index contributed by atoms with van der Waals surface area (Å²) in [6.45, 7) is 12.1. The summed E-state index contributed by atoms with van der Waals surface area (Å²) in [5.41, 5.74) is 5.09.